The van der Waals surface area contributed by atoms with Gasteiger partial charge in [-0.25, -0.2) is 0 Å². The van der Waals surface area contributed by atoms with Crippen molar-refractivity contribution in [3.05, 3.63) is 20.8 Å². The van der Waals surface area contributed by atoms with Crippen molar-refractivity contribution in [2.24, 2.45) is 0 Å². The van der Waals surface area contributed by atoms with Crippen LogP contribution < -0.4 is 5.32 Å². The highest BCUT2D eigenvalue weighted by Crippen LogP contribution is 2.28. The average Bonchev–Trinajstić information content (AvgIpc) is 2.51. The monoisotopic (exact) mass is 277 g/mol. The van der Waals surface area contributed by atoms with E-state index in [1.165, 1.54) is 9.35 Å². The minimum absolute atomic E-state index is 0.243. The highest BCUT2D eigenvalue weighted by Gasteiger charge is 2.12. The number of aliphatic hydroxyl groups is 1. The molecule has 0 aliphatic carbocycles. The highest BCUT2D eigenvalue weighted by atomic mass is 79.9. The molecule has 0 saturated heterocycles. The molecule has 1 rings (SSSR count). The maximum Gasteiger partial charge on any atom is 0.0445 e. The molecule has 1 aromatic rings. The Morgan fingerprint density at radius 3 is 2.79 bits per heavy atom. The van der Waals surface area contributed by atoms with Crippen molar-refractivity contribution in [2.45, 2.75) is 32.4 Å². The predicted octanol–water partition coefficient (Wildman–Crippen LogP) is 2.93. The first-order chi connectivity index (χ1) is 6.65. The van der Waals surface area contributed by atoms with Crippen molar-refractivity contribution in [1.29, 1.82) is 0 Å². The third-order valence-electron chi connectivity index (χ3n) is 2.13. The van der Waals surface area contributed by atoms with E-state index >= 15 is 0 Å². The fourth-order valence-corrected chi connectivity index (χ4v) is 3.13. The first-order valence-electron chi connectivity index (χ1n) is 4.75. The summed E-state index contributed by atoms with van der Waals surface area (Å²) in [5.74, 6) is 0. The van der Waals surface area contributed by atoms with Crippen molar-refractivity contribution in [3.63, 3.8) is 0 Å². The fraction of sp³-hybridized carbons (Fsp3) is 0.600. The fourth-order valence-electron chi connectivity index (χ4n) is 1.39. The Morgan fingerprint density at radius 1 is 1.57 bits per heavy atom. The van der Waals surface area contributed by atoms with Crippen LogP contribution in [0.5, 0.6) is 0 Å². The van der Waals surface area contributed by atoms with E-state index in [0.717, 1.165) is 6.42 Å². The summed E-state index contributed by atoms with van der Waals surface area (Å²) in [7, 11) is 0. The molecule has 1 aromatic heterocycles. The topological polar surface area (TPSA) is 32.3 Å². The lowest BCUT2D eigenvalue weighted by molar-refractivity contribution is 0.265. The number of hydrogen-bond acceptors (Lipinski definition) is 3. The van der Waals surface area contributed by atoms with Crippen LogP contribution in [-0.4, -0.2) is 17.8 Å². The minimum atomic E-state index is 0.243. The molecular formula is C10H16BrNOS. The molecule has 1 heterocycles. The van der Waals surface area contributed by atoms with Crippen molar-refractivity contribution in [3.8, 4) is 0 Å². The second kappa shape index (κ2) is 5.85. The normalized spacial score (nSPS) is 15.4. The number of rotatable bonds is 5. The number of thiophene rings is 1. The van der Waals surface area contributed by atoms with Crippen molar-refractivity contribution in [2.75, 3.05) is 6.61 Å². The van der Waals surface area contributed by atoms with Gasteiger partial charge in [0.25, 0.3) is 0 Å². The van der Waals surface area contributed by atoms with Crippen LogP contribution in [0, 0.1) is 0 Å². The van der Waals surface area contributed by atoms with Crippen molar-refractivity contribution >= 4 is 27.3 Å². The standard InChI is InChI=1S/C10H16BrNOS/c1-7(3-5-13)12-8(2)10-9(11)4-6-14-10/h4,6-8,12-13H,3,5H2,1-2H3/t7-,8?/m1/s1. The van der Waals surface area contributed by atoms with Crippen LogP contribution >= 0.6 is 27.3 Å². The maximum atomic E-state index is 8.79. The Balaban J connectivity index is 2.50. The number of aliphatic hydroxyl groups excluding tert-OH is 1. The van der Waals surface area contributed by atoms with E-state index in [-0.39, 0.29) is 6.61 Å². The summed E-state index contributed by atoms with van der Waals surface area (Å²) in [6, 6.07) is 2.75. The molecule has 1 unspecified atom stereocenters. The van der Waals surface area contributed by atoms with E-state index in [0.29, 0.717) is 12.1 Å². The van der Waals surface area contributed by atoms with Crippen LogP contribution in [0.25, 0.3) is 0 Å². The molecule has 2 N–H and O–H groups in total. The van der Waals surface area contributed by atoms with Gasteiger partial charge in [-0.1, -0.05) is 0 Å². The average molecular weight is 278 g/mol. The quantitative estimate of drug-likeness (QED) is 0.868. The summed E-state index contributed by atoms with van der Waals surface area (Å²) in [4.78, 5) is 1.31. The molecule has 80 valence electrons. The van der Waals surface area contributed by atoms with Gasteiger partial charge in [-0.3, -0.25) is 0 Å². The zero-order valence-electron chi connectivity index (χ0n) is 8.46. The molecule has 0 aromatic carbocycles. The van der Waals surface area contributed by atoms with Crippen molar-refractivity contribution in [1.82, 2.24) is 5.32 Å². The lowest BCUT2D eigenvalue weighted by atomic mass is 10.2. The SMILES string of the molecule is CC(N[C@H](C)CCO)c1sccc1Br. The summed E-state index contributed by atoms with van der Waals surface area (Å²) in [5, 5.41) is 14.3. The number of halogens is 1. The van der Waals surface area contributed by atoms with Gasteiger partial charge in [-0.05, 0) is 47.6 Å². The molecule has 0 bridgehead atoms. The summed E-state index contributed by atoms with van der Waals surface area (Å²) < 4.78 is 1.17. The number of nitrogens with one attached hydrogen (secondary N) is 1. The van der Waals surface area contributed by atoms with Crippen LogP contribution in [0.3, 0.4) is 0 Å². The second-order valence-corrected chi connectivity index (χ2v) is 5.24. The lowest BCUT2D eigenvalue weighted by Gasteiger charge is -2.18. The molecule has 0 fully saturated rings. The van der Waals surface area contributed by atoms with E-state index in [1.807, 2.05) is 0 Å². The van der Waals surface area contributed by atoms with Crippen LogP contribution in [0.4, 0.5) is 0 Å². The van der Waals surface area contributed by atoms with Crippen LogP contribution in [-0.2, 0) is 0 Å². The molecule has 0 spiro atoms. The van der Waals surface area contributed by atoms with Gasteiger partial charge in [-0.2, -0.15) is 0 Å². The Labute approximate surface area is 97.5 Å². The Morgan fingerprint density at radius 2 is 2.29 bits per heavy atom. The van der Waals surface area contributed by atoms with Crippen molar-refractivity contribution < 1.29 is 5.11 Å². The van der Waals surface area contributed by atoms with E-state index in [2.05, 4.69) is 46.5 Å². The molecule has 0 saturated carbocycles. The summed E-state index contributed by atoms with van der Waals surface area (Å²) in [6.45, 7) is 4.48. The van der Waals surface area contributed by atoms with Crippen LogP contribution in [0.15, 0.2) is 15.9 Å². The van der Waals surface area contributed by atoms with Gasteiger partial charge < -0.3 is 10.4 Å². The largest absolute Gasteiger partial charge is 0.396 e. The van der Waals surface area contributed by atoms with Gasteiger partial charge in [0.2, 0.25) is 0 Å². The number of hydrogen-bond donors (Lipinski definition) is 2. The predicted molar refractivity (Wildman–Crippen MR) is 64.7 cm³/mol. The first-order valence-corrected chi connectivity index (χ1v) is 6.42. The highest BCUT2D eigenvalue weighted by molar-refractivity contribution is 9.10. The van der Waals surface area contributed by atoms with E-state index in [1.54, 1.807) is 11.3 Å². The molecule has 2 atom stereocenters. The van der Waals surface area contributed by atoms with Crippen LogP contribution in [0.1, 0.15) is 31.2 Å². The summed E-state index contributed by atoms with van der Waals surface area (Å²) >= 11 is 5.26. The third-order valence-corrected chi connectivity index (χ3v) is 4.19. The van der Waals surface area contributed by atoms with Gasteiger partial charge >= 0.3 is 0 Å². The zero-order chi connectivity index (χ0) is 10.6. The zero-order valence-corrected chi connectivity index (χ0v) is 10.9. The molecule has 0 aliphatic heterocycles. The van der Waals surface area contributed by atoms with Gasteiger partial charge in [0, 0.05) is 28.0 Å². The Kier molecular flexibility index (Phi) is 5.09. The van der Waals surface area contributed by atoms with Gasteiger partial charge in [0.05, 0.1) is 0 Å². The summed E-state index contributed by atoms with van der Waals surface area (Å²) in [5.41, 5.74) is 0. The third kappa shape index (κ3) is 3.35. The van der Waals surface area contributed by atoms with E-state index in [4.69, 9.17) is 5.11 Å². The van der Waals surface area contributed by atoms with Gasteiger partial charge in [0.1, 0.15) is 0 Å². The Hall–Kier alpha value is 0.100. The molecule has 2 nitrogen and oxygen atoms in total. The molecular weight excluding hydrogens is 262 g/mol. The smallest absolute Gasteiger partial charge is 0.0445 e. The van der Waals surface area contributed by atoms with E-state index in [9.17, 15) is 0 Å². The Bertz CT molecular complexity index is 277. The van der Waals surface area contributed by atoms with Crippen LogP contribution in [0.2, 0.25) is 0 Å². The van der Waals surface area contributed by atoms with Gasteiger partial charge in [0.15, 0.2) is 0 Å². The lowest BCUT2D eigenvalue weighted by Crippen LogP contribution is -2.29. The van der Waals surface area contributed by atoms with Gasteiger partial charge in [-0.15, -0.1) is 11.3 Å². The molecule has 0 amide bonds. The maximum absolute atomic E-state index is 8.79. The molecule has 4 heteroatoms. The molecule has 0 radical (unpaired) electrons. The second-order valence-electron chi connectivity index (χ2n) is 3.43. The van der Waals surface area contributed by atoms with E-state index < -0.39 is 0 Å². The molecule has 0 aliphatic rings. The minimum Gasteiger partial charge on any atom is -0.396 e. The summed E-state index contributed by atoms with van der Waals surface area (Å²) in [6.07, 6.45) is 0.799. The molecule has 14 heavy (non-hydrogen) atoms. The first kappa shape index (κ1) is 12.2.